The minimum Gasteiger partial charge on any atom is -0.374 e. The Morgan fingerprint density at radius 2 is 1.87 bits per heavy atom. The minimum absolute atomic E-state index is 0.0111. The Kier molecular flexibility index (Phi) is 6.66. The molecule has 2 aromatic rings. The largest absolute Gasteiger partial charge is 0.374 e. The lowest BCUT2D eigenvalue weighted by Gasteiger charge is -2.30. The number of nitrogens with zero attached hydrogens (tertiary/aromatic N) is 2. The first-order chi connectivity index (χ1) is 14.3. The molecule has 1 atom stereocenters. The lowest BCUT2D eigenvalue weighted by molar-refractivity contribution is -0.136. The van der Waals surface area contributed by atoms with Crippen molar-refractivity contribution in [3.8, 4) is 0 Å². The second kappa shape index (κ2) is 9.21. The van der Waals surface area contributed by atoms with Crippen LogP contribution in [0.25, 0.3) is 0 Å². The molecule has 0 aliphatic carbocycles. The number of rotatable bonds is 5. The van der Waals surface area contributed by atoms with E-state index in [-0.39, 0.29) is 18.3 Å². The third-order valence-corrected chi connectivity index (χ3v) is 5.30. The molecule has 0 bridgehead atoms. The van der Waals surface area contributed by atoms with Crippen molar-refractivity contribution < 1.29 is 18.4 Å². The van der Waals surface area contributed by atoms with Gasteiger partial charge in [0.25, 0.3) is 0 Å². The van der Waals surface area contributed by atoms with E-state index in [1.807, 2.05) is 25.1 Å². The normalized spacial score (nSPS) is 14.3. The first-order valence-electron chi connectivity index (χ1n) is 9.81. The first kappa shape index (κ1) is 21.7. The van der Waals surface area contributed by atoms with Crippen LogP contribution in [0.1, 0.15) is 23.6 Å². The van der Waals surface area contributed by atoms with Crippen LogP contribution < -0.4 is 15.5 Å². The van der Waals surface area contributed by atoms with Gasteiger partial charge in [-0.3, -0.25) is 9.59 Å². The smallest absolute Gasteiger partial charge is 0.313 e. The zero-order valence-corrected chi connectivity index (χ0v) is 17.3. The van der Waals surface area contributed by atoms with Gasteiger partial charge in [-0.1, -0.05) is 12.1 Å². The molecule has 1 aliphatic heterocycles. The molecule has 2 N–H and O–H groups in total. The molecule has 160 valence electrons. The second-order valence-electron chi connectivity index (χ2n) is 7.69. The standard InChI is InChI=1S/C22H26F2N4O2/c1-27(2)20(15-6-9-19-14(11-15)5-4-10-28(19)3)13-25-21(29)22(30)26-16-7-8-17(23)18(24)12-16/h6-9,11-12,20H,4-5,10,13H2,1-3H3,(H,25,29)(H,26,30)/t20-/m0/s1. The predicted octanol–water partition coefficient (Wildman–Crippen LogP) is 2.70. The number of anilines is 2. The Labute approximate surface area is 174 Å². The van der Waals surface area contributed by atoms with Crippen LogP contribution in [-0.4, -0.2) is 50.9 Å². The summed E-state index contributed by atoms with van der Waals surface area (Å²) >= 11 is 0. The summed E-state index contributed by atoms with van der Waals surface area (Å²) in [5, 5.41) is 4.90. The van der Waals surface area contributed by atoms with Gasteiger partial charge in [-0.25, -0.2) is 8.78 Å². The van der Waals surface area contributed by atoms with Gasteiger partial charge < -0.3 is 20.4 Å². The van der Waals surface area contributed by atoms with Gasteiger partial charge in [0.1, 0.15) is 0 Å². The van der Waals surface area contributed by atoms with Gasteiger partial charge in [0.15, 0.2) is 11.6 Å². The molecule has 0 saturated heterocycles. The molecule has 1 aliphatic rings. The van der Waals surface area contributed by atoms with Crippen LogP contribution in [0.4, 0.5) is 20.2 Å². The van der Waals surface area contributed by atoms with Crippen molar-refractivity contribution in [2.45, 2.75) is 18.9 Å². The van der Waals surface area contributed by atoms with Crippen molar-refractivity contribution in [2.75, 3.05) is 44.4 Å². The highest BCUT2D eigenvalue weighted by atomic mass is 19.2. The Bertz CT molecular complexity index is 949. The lowest BCUT2D eigenvalue weighted by Crippen LogP contribution is -2.40. The van der Waals surface area contributed by atoms with E-state index >= 15 is 0 Å². The van der Waals surface area contributed by atoms with E-state index in [1.165, 1.54) is 17.3 Å². The quantitative estimate of drug-likeness (QED) is 0.736. The molecule has 0 spiro atoms. The fourth-order valence-corrected chi connectivity index (χ4v) is 3.64. The maximum atomic E-state index is 13.3. The Morgan fingerprint density at radius 3 is 2.57 bits per heavy atom. The Balaban J connectivity index is 1.65. The number of fused-ring (bicyclic) bond motifs is 1. The van der Waals surface area contributed by atoms with Gasteiger partial charge in [-0.05, 0) is 56.3 Å². The zero-order chi connectivity index (χ0) is 21.8. The summed E-state index contributed by atoms with van der Waals surface area (Å²) in [4.78, 5) is 28.5. The summed E-state index contributed by atoms with van der Waals surface area (Å²) in [6.45, 7) is 1.26. The van der Waals surface area contributed by atoms with Crippen LogP contribution in [0, 0.1) is 11.6 Å². The van der Waals surface area contributed by atoms with Crippen LogP contribution >= 0.6 is 0 Å². The molecular formula is C22H26F2N4O2. The highest BCUT2D eigenvalue weighted by Crippen LogP contribution is 2.29. The van der Waals surface area contributed by atoms with Crippen molar-refractivity contribution >= 4 is 23.2 Å². The molecule has 0 fully saturated rings. The highest BCUT2D eigenvalue weighted by Gasteiger charge is 2.21. The summed E-state index contributed by atoms with van der Waals surface area (Å²) in [6.07, 6.45) is 2.11. The molecule has 30 heavy (non-hydrogen) atoms. The van der Waals surface area contributed by atoms with E-state index < -0.39 is 23.4 Å². The fourth-order valence-electron chi connectivity index (χ4n) is 3.64. The number of aryl methyl sites for hydroxylation is 1. The molecule has 0 aromatic heterocycles. The van der Waals surface area contributed by atoms with Crippen molar-refractivity contribution in [1.29, 1.82) is 0 Å². The predicted molar refractivity (Wildman–Crippen MR) is 112 cm³/mol. The van der Waals surface area contributed by atoms with Crippen molar-refractivity contribution in [3.63, 3.8) is 0 Å². The Hall–Kier alpha value is -3.00. The van der Waals surface area contributed by atoms with Gasteiger partial charge in [0.05, 0.1) is 6.04 Å². The van der Waals surface area contributed by atoms with Gasteiger partial charge in [0.2, 0.25) is 0 Å². The summed E-state index contributed by atoms with van der Waals surface area (Å²) in [5.74, 6) is -3.91. The average molecular weight is 416 g/mol. The highest BCUT2D eigenvalue weighted by molar-refractivity contribution is 6.39. The summed E-state index contributed by atoms with van der Waals surface area (Å²) in [7, 11) is 5.89. The van der Waals surface area contributed by atoms with Crippen LogP contribution in [-0.2, 0) is 16.0 Å². The van der Waals surface area contributed by atoms with Crippen LogP contribution in [0.5, 0.6) is 0 Å². The maximum absolute atomic E-state index is 13.3. The van der Waals surface area contributed by atoms with Gasteiger partial charge in [-0.15, -0.1) is 0 Å². The van der Waals surface area contributed by atoms with Gasteiger partial charge in [-0.2, -0.15) is 0 Å². The number of halogens is 2. The third kappa shape index (κ3) is 4.94. The van der Waals surface area contributed by atoms with Crippen LogP contribution in [0.15, 0.2) is 36.4 Å². The molecule has 1 heterocycles. The molecule has 2 amide bonds. The third-order valence-electron chi connectivity index (χ3n) is 5.30. The number of likely N-dealkylation sites (N-methyl/N-ethyl adjacent to an activating group) is 1. The number of amides is 2. The van der Waals surface area contributed by atoms with Crippen LogP contribution in [0.3, 0.4) is 0 Å². The summed E-state index contributed by atoms with van der Waals surface area (Å²) < 4.78 is 26.3. The van der Waals surface area contributed by atoms with Gasteiger partial charge in [0, 0.05) is 37.6 Å². The fraction of sp³-hybridized carbons (Fsp3) is 0.364. The van der Waals surface area contributed by atoms with E-state index in [1.54, 1.807) is 0 Å². The topological polar surface area (TPSA) is 64.7 Å². The maximum Gasteiger partial charge on any atom is 0.313 e. The molecule has 0 radical (unpaired) electrons. The molecule has 3 rings (SSSR count). The average Bonchev–Trinajstić information content (AvgIpc) is 2.70. The molecule has 0 saturated carbocycles. The SMILES string of the molecule is CN1CCCc2cc([C@H](CNC(=O)C(=O)Nc3ccc(F)c(F)c3)N(C)C)ccc21. The molecule has 2 aromatic carbocycles. The summed E-state index contributed by atoms with van der Waals surface area (Å²) in [6, 6.07) is 9.07. The van der Waals surface area contributed by atoms with E-state index in [9.17, 15) is 18.4 Å². The lowest BCUT2D eigenvalue weighted by atomic mass is 9.96. The van der Waals surface area contributed by atoms with E-state index in [0.717, 1.165) is 37.1 Å². The molecular weight excluding hydrogens is 390 g/mol. The molecule has 8 heteroatoms. The molecule has 6 nitrogen and oxygen atoms in total. The Morgan fingerprint density at radius 1 is 1.10 bits per heavy atom. The number of benzene rings is 2. The summed E-state index contributed by atoms with van der Waals surface area (Å²) in [5.41, 5.74) is 3.56. The first-order valence-corrected chi connectivity index (χ1v) is 9.81. The number of nitrogens with one attached hydrogen (secondary N) is 2. The van der Waals surface area contributed by atoms with Crippen molar-refractivity contribution in [2.24, 2.45) is 0 Å². The second-order valence-corrected chi connectivity index (χ2v) is 7.69. The molecule has 0 unspecified atom stereocenters. The van der Waals surface area contributed by atoms with E-state index in [4.69, 9.17) is 0 Å². The minimum atomic E-state index is -1.10. The van der Waals surface area contributed by atoms with Crippen LogP contribution in [0.2, 0.25) is 0 Å². The number of hydrogen-bond acceptors (Lipinski definition) is 4. The van der Waals surface area contributed by atoms with Crippen molar-refractivity contribution in [1.82, 2.24) is 10.2 Å². The number of carbonyl (C=O) groups excluding carboxylic acids is 2. The van der Waals surface area contributed by atoms with E-state index in [2.05, 4.69) is 34.7 Å². The number of hydrogen-bond donors (Lipinski definition) is 2. The number of carbonyl (C=O) groups is 2. The zero-order valence-electron chi connectivity index (χ0n) is 17.3. The van der Waals surface area contributed by atoms with Gasteiger partial charge >= 0.3 is 11.8 Å². The monoisotopic (exact) mass is 416 g/mol. The van der Waals surface area contributed by atoms with Crippen molar-refractivity contribution in [3.05, 3.63) is 59.2 Å². The van der Waals surface area contributed by atoms with E-state index in [0.29, 0.717) is 0 Å².